The van der Waals surface area contributed by atoms with Gasteiger partial charge in [-0.15, -0.1) is 0 Å². The average Bonchev–Trinajstić information content (AvgIpc) is 2.36. The quantitative estimate of drug-likeness (QED) is 0.847. The molecule has 0 saturated carbocycles. The van der Waals surface area contributed by atoms with Crippen LogP contribution in [0.4, 0.5) is 4.39 Å². The largest absolute Gasteiger partial charge is 0.330 e. The van der Waals surface area contributed by atoms with Crippen molar-refractivity contribution >= 4 is 0 Å². The summed E-state index contributed by atoms with van der Waals surface area (Å²) in [5.41, 5.74) is 6.74. The number of aromatic nitrogens is 1. The highest BCUT2D eigenvalue weighted by Gasteiger charge is 2.23. The number of pyridine rings is 1. The summed E-state index contributed by atoms with van der Waals surface area (Å²) in [5.74, 6) is -0.295. The average molecular weight is 253 g/mol. The summed E-state index contributed by atoms with van der Waals surface area (Å²) in [6.07, 6.45) is 1.27. The van der Waals surface area contributed by atoms with Crippen LogP contribution >= 0.6 is 0 Å². The molecule has 1 atom stereocenters. The van der Waals surface area contributed by atoms with Crippen LogP contribution < -0.4 is 5.73 Å². The maximum absolute atomic E-state index is 12.9. The van der Waals surface area contributed by atoms with E-state index in [0.717, 1.165) is 18.8 Å². The third-order valence-corrected chi connectivity index (χ3v) is 3.32. The van der Waals surface area contributed by atoms with Crippen molar-refractivity contribution in [3.8, 4) is 0 Å². The summed E-state index contributed by atoms with van der Waals surface area (Å²) in [6.45, 7) is 11.0. The minimum Gasteiger partial charge on any atom is -0.330 e. The van der Waals surface area contributed by atoms with Gasteiger partial charge in [0.1, 0.15) is 5.82 Å². The molecule has 1 aromatic heterocycles. The molecule has 1 aromatic rings. The maximum atomic E-state index is 12.9. The summed E-state index contributed by atoms with van der Waals surface area (Å²) in [4.78, 5) is 6.47. The molecule has 18 heavy (non-hydrogen) atoms. The molecule has 102 valence electrons. The summed E-state index contributed by atoms with van der Waals surface area (Å²) in [7, 11) is 0. The number of hydrogen-bond acceptors (Lipinski definition) is 3. The minimum absolute atomic E-state index is 0.0737. The van der Waals surface area contributed by atoms with Crippen LogP contribution in [0.3, 0.4) is 0 Å². The van der Waals surface area contributed by atoms with Crippen molar-refractivity contribution in [1.29, 1.82) is 0 Å². The molecule has 0 fully saturated rings. The molecule has 2 N–H and O–H groups in total. The van der Waals surface area contributed by atoms with Gasteiger partial charge in [0.2, 0.25) is 0 Å². The van der Waals surface area contributed by atoms with Crippen LogP contribution in [-0.4, -0.2) is 29.5 Å². The first-order valence-electron chi connectivity index (χ1n) is 6.45. The van der Waals surface area contributed by atoms with Crippen LogP contribution in [0.25, 0.3) is 0 Å². The Morgan fingerprint density at radius 2 is 2.11 bits per heavy atom. The zero-order valence-corrected chi connectivity index (χ0v) is 11.8. The van der Waals surface area contributed by atoms with Gasteiger partial charge in [-0.2, -0.15) is 0 Å². The maximum Gasteiger partial charge on any atom is 0.141 e. The Morgan fingerprint density at radius 3 is 2.56 bits per heavy atom. The van der Waals surface area contributed by atoms with E-state index in [1.807, 2.05) is 0 Å². The van der Waals surface area contributed by atoms with E-state index in [1.165, 1.54) is 12.3 Å². The van der Waals surface area contributed by atoms with E-state index in [1.54, 1.807) is 6.07 Å². The van der Waals surface area contributed by atoms with Crippen LogP contribution in [0.15, 0.2) is 18.3 Å². The Balaban J connectivity index is 2.79. The van der Waals surface area contributed by atoms with E-state index < -0.39 is 0 Å². The lowest BCUT2D eigenvalue weighted by molar-refractivity contribution is 0.145. The van der Waals surface area contributed by atoms with Gasteiger partial charge in [-0.05, 0) is 37.6 Å². The lowest BCUT2D eigenvalue weighted by Crippen LogP contribution is -2.40. The highest BCUT2D eigenvalue weighted by atomic mass is 19.1. The monoisotopic (exact) mass is 253 g/mol. The highest BCUT2D eigenvalue weighted by molar-refractivity contribution is 5.09. The predicted octanol–water partition coefficient (Wildman–Crippen LogP) is 2.59. The van der Waals surface area contributed by atoms with Crippen LogP contribution in [0.5, 0.6) is 0 Å². The number of halogens is 1. The van der Waals surface area contributed by atoms with Crippen LogP contribution in [-0.2, 0) is 0 Å². The number of rotatable bonds is 6. The zero-order chi connectivity index (χ0) is 13.8. The fourth-order valence-electron chi connectivity index (χ4n) is 1.96. The third-order valence-electron chi connectivity index (χ3n) is 3.32. The normalized spacial score (nSPS) is 13.9. The smallest absolute Gasteiger partial charge is 0.141 e. The van der Waals surface area contributed by atoms with Crippen LogP contribution in [0.1, 0.15) is 39.4 Å². The van der Waals surface area contributed by atoms with Gasteiger partial charge < -0.3 is 5.73 Å². The third kappa shape index (κ3) is 4.03. The molecule has 0 aliphatic rings. The number of nitrogens with two attached hydrogens (primary N) is 1. The van der Waals surface area contributed by atoms with E-state index in [-0.39, 0.29) is 17.3 Å². The van der Waals surface area contributed by atoms with Gasteiger partial charge in [-0.25, -0.2) is 4.39 Å². The van der Waals surface area contributed by atoms with Crippen LogP contribution in [0.2, 0.25) is 0 Å². The van der Waals surface area contributed by atoms with Crippen LogP contribution in [0, 0.1) is 11.2 Å². The molecule has 0 saturated heterocycles. The Kier molecular flexibility index (Phi) is 5.23. The Labute approximate surface area is 109 Å². The van der Waals surface area contributed by atoms with E-state index in [9.17, 15) is 4.39 Å². The molecular weight excluding hydrogens is 229 g/mol. The predicted molar refractivity (Wildman–Crippen MR) is 72.7 cm³/mol. The van der Waals surface area contributed by atoms with Gasteiger partial charge in [0.05, 0.1) is 11.9 Å². The van der Waals surface area contributed by atoms with Gasteiger partial charge in [-0.3, -0.25) is 9.88 Å². The van der Waals surface area contributed by atoms with Gasteiger partial charge in [0.25, 0.3) is 0 Å². The molecular formula is C14H24FN3. The molecule has 0 spiro atoms. The van der Waals surface area contributed by atoms with Crippen molar-refractivity contribution in [3.63, 3.8) is 0 Å². The fourth-order valence-corrected chi connectivity index (χ4v) is 1.96. The van der Waals surface area contributed by atoms with E-state index in [0.29, 0.717) is 6.54 Å². The number of hydrogen-bond donors (Lipinski definition) is 1. The van der Waals surface area contributed by atoms with Gasteiger partial charge in [0, 0.05) is 12.6 Å². The Hall–Kier alpha value is -1.00. The SMILES string of the molecule is CCN(CC(C)(C)CN)C(C)c1ccc(F)cn1. The second-order valence-corrected chi connectivity index (χ2v) is 5.51. The standard InChI is InChI=1S/C14H24FN3/c1-5-18(10-14(3,4)9-16)11(2)13-7-6-12(15)8-17-13/h6-8,11H,5,9-10,16H2,1-4H3. The molecule has 0 radical (unpaired) electrons. The lowest BCUT2D eigenvalue weighted by Gasteiger charge is -2.34. The molecule has 0 aromatic carbocycles. The molecule has 3 nitrogen and oxygen atoms in total. The highest BCUT2D eigenvalue weighted by Crippen LogP contribution is 2.23. The Morgan fingerprint density at radius 1 is 1.44 bits per heavy atom. The van der Waals surface area contributed by atoms with E-state index in [2.05, 4.69) is 37.6 Å². The van der Waals surface area contributed by atoms with Crippen molar-refractivity contribution in [1.82, 2.24) is 9.88 Å². The Bertz CT molecular complexity index is 362. The molecule has 1 heterocycles. The molecule has 1 unspecified atom stereocenters. The van der Waals surface area contributed by atoms with Crippen molar-refractivity contribution in [2.75, 3.05) is 19.6 Å². The lowest BCUT2D eigenvalue weighted by atomic mass is 9.92. The van der Waals surface area contributed by atoms with E-state index in [4.69, 9.17) is 5.73 Å². The fraction of sp³-hybridized carbons (Fsp3) is 0.643. The van der Waals surface area contributed by atoms with Crippen molar-refractivity contribution in [2.24, 2.45) is 11.1 Å². The summed E-state index contributed by atoms with van der Waals surface area (Å²) >= 11 is 0. The first-order chi connectivity index (χ1) is 8.39. The van der Waals surface area contributed by atoms with Gasteiger partial charge >= 0.3 is 0 Å². The molecule has 4 heteroatoms. The zero-order valence-electron chi connectivity index (χ0n) is 11.8. The molecule has 0 aliphatic carbocycles. The second kappa shape index (κ2) is 6.25. The van der Waals surface area contributed by atoms with Gasteiger partial charge in [0.15, 0.2) is 0 Å². The molecule has 0 bridgehead atoms. The topological polar surface area (TPSA) is 42.1 Å². The molecule has 0 aliphatic heterocycles. The van der Waals surface area contributed by atoms with Gasteiger partial charge in [-0.1, -0.05) is 20.8 Å². The summed E-state index contributed by atoms with van der Waals surface area (Å²) in [5, 5.41) is 0. The molecule has 0 amide bonds. The summed E-state index contributed by atoms with van der Waals surface area (Å²) < 4.78 is 12.9. The first kappa shape index (κ1) is 15.1. The van der Waals surface area contributed by atoms with Crippen molar-refractivity contribution in [2.45, 2.75) is 33.7 Å². The van der Waals surface area contributed by atoms with Crippen molar-refractivity contribution < 1.29 is 4.39 Å². The number of nitrogens with zero attached hydrogens (tertiary/aromatic N) is 2. The second-order valence-electron chi connectivity index (χ2n) is 5.51. The first-order valence-corrected chi connectivity index (χ1v) is 6.45. The van der Waals surface area contributed by atoms with Crippen molar-refractivity contribution in [3.05, 3.63) is 29.8 Å². The summed E-state index contributed by atoms with van der Waals surface area (Å²) in [6, 6.07) is 3.38. The minimum atomic E-state index is -0.295. The molecule has 1 rings (SSSR count). The van der Waals surface area contributed by atoms with E-state index >= 15 is 0 Å².